The molecule has 0 aliphatic heterocycles. The van der Waals surface area contributed by atoms with Crippen LogP contribution in [-0.4, -0.2) is 12.6 Å². The van der Waals surface area contributed by atoms with Gasteiger partial charge >= 0.3 is 0 Å². The summed E-state index contributed by atoms with van der Waals surface area (Å²) in [7, 11) is 1.76. The predicted octanol–water partition coefficient (Wildman–Crippen LogP) is 2.86. The van der Waals surface area contributed by atoms with Crippen LogP contribution in [0.15, 0.2) is 28.6 Å². The van der Waals surface area contributed by atoms with Gasteiger partial charge in [-0.1, -0.05) is 30.5 Å². The average Bonchev–Trinajstić information content (AvgIpc) is 1.97. The van der Waals surface area contributed by atoms with Crippen LogP contribution in [0, 0.1) is 0 Å². The van der Waals surface area contributed by atoms with Gasteiger partial charge in [0.05, 0.1) is 5.55 Å². The Balaban J connectivity index is 3.44. The molecule has 0 radical (unpaired) electrons. The Labute approximate surface area is 66.9 Å². The first-order valence-corrected chi connectivity index (χ1v) is 4.05. The first kappa shape index (κ1) is 9.50. The second kappa shape index (κ2) is 6.62. The second-order valence-electron chi connectivity index (χ2n) is 1.79. The molecule has 0 bridgehead atoms. The van der Waals surface area contributed by atoms with Gasteiger partial charge in [-0.05, 0) is 18.2 Å². The lowest BCUT2D eigenvalue weighted by atomic mass is 10.4. The van der Waals surface area contributed by atoms with E-state index < -0.39 is 0 Å². The highest BCUT2D eigenvalue weighted by molar-refractivity contribution is 8.15. The summed E-state index contributed by atoms with van der Waals surface area (Å²) in [5, 5.41) is 0. The van der Waals surface area contributed by atoms with E-state index in [4.69, 9.17) is 0 Å². The molecule has 0 unspecified atom stereocenters. The molecule has 0 heterocycles. The van der Waals surface area contributed by atoms with Gasteiger partial charge in [0.15, 0.2) is 0 Å². The molecule has 0 spiro atoms. The van der Waals surface area contributed by atoms with Crippen LogP contribution in [0.25, 0.3) is 0 Å². The van der Waals surface area contributed by atoms with Gasteiger partial charge in [-0.3, -0.25) is 4.99 Å². The molecule has 0 saturated heterocycles. The van der Waals surface area contributed by atoms with Crippen LogP contribution in [0.4, 0.5) is 0 Å². The van der Waals surface area contributed by atoms with Crippen molar-refractivity contribution in [3.05, 3.63) is 23.6 Å². The number of thioether (sulfide) groups is 1. The first-order valence-electron chi connectivity index (χ1n) is 3.17. The van der Waals surface area contributed by atoms with Gasteiger partial charge in [-0.25, -0.2) is 0 Å². The lowest BCUT2D eigenvalue weighted by Crippen LogP contribution is -1.70. The number of rotatable bonds is 4. The van der Waals surface area contributed by atoms with E-state index in [-0.39, 0.29) is 0 Å². The van der Waals surface area contributed by atoms with Crippen molar-refractivity contribution < 1.29 is 0 Å². The third kappa shape index (κ3) is 5.63. The Bertz CT molecular complexity index is 131. The Morgan fingerprint density at radius 3 is 2.90 bits per heavy atom. The van der Waals surface area contributed by atoms with Crippen LogP contribution in [0.2, 0.25) is 0 Å². The zero-order valence-corrected chi connectivity index (χ0v) is 7.32. The summed E-state index contributed by atoms with van der Waals surface area (Å²) in [5.74, 6) is 0. The van der Waals surface area contributed by atoms with Gasteiger partial charge in [-0.2, -0.15) is 0 Å². The minimum absolute atomic E-state index is 0.938. The summed E-state index contributed by atoms with van der Waals surface area (Å²) >= 11 is 1.58. The maximum absolute atomic E-state index is 3.85. The Morgan fingerprint density at radius 1 is 1.70 bits per heavy atom. The molecule has 0 N–H and O–H groups in total. The molecule has 1 nitrogen and oxygen atoms in total. The summed E-state index contributed by atoms with van der Waals surface area (Å²) in [4.78, 5) is 4.97. The first-order chi connectivity index (χ1) is 4.81. The Morgan fingerprint density at radius 2 is 2.40 bits per heavy atom. The van der Waals surface area contributed by atoms with Gasteiger partial charge in [0, 0.05) is 7.05 Å². The van der Waals surface area contributed by atoms with Gasteiger partial charge in [0.25, 0.3) is 0 Å². The fraction of sp³-hybridized carbons (Fsp3) is 0.375. The molecule has 0 saturated carbocycles. The van der Waals surface area contributed by atoms with Gasteiger partial charge in [-0.15, -0.1) is 0 Å². The average molecular weight is 155 g/mol. The fourth-order valence-corrected chi connectivity index (χ4v) is 0.872. The smallest absolute Gasteiger partial charge is 0.0582 e. The highest BCUT2D eigenvalue weighted by atomic mass is 32.2. The van der Waals surface area contributed by atoms with E-state index in [0.29, 0.717) is 0 Å². The van der Waals surface area contributed by atoms with Crippen molar-refractivity contribution in [2.75, 3.05) is 7.05 Å². The van der Waals surface area contributed by atoms with E-state index in [1.54, 1.807) is 24.4 Å². The maximum Gasteiger partial charge on any atom is 0.0582 e. The largest absolute Gasteiger partial charge is 0.289 e. The molecule has 0 aromatic carbocycles. The number of allylic oxidation sites excluding steroid dienone is 3. The number of hydrogen-bond donors (Lipinski definition) is 0. The van der Waals surface area contributed by atoms with Crippen molar-refractivity contribution in [3.8, 4) is 0 Å². The molecule has 0 amide bonds. The quantitative estimate of drug-likeness (QED) is 0.345. The molecule has 0 aliphatic rings. The third-order valence-corrected chi connectivity index (χ3v) is 1.72. The van der Waals surface area contributed by atoms with Crippen LogP contribution in [0.3, 0.4) is 0 Å². The van der Waals surface area contributed by atoms with Crippen molar-refractivity contribution >= 4 is 17.3 Å². The molecule has 0 aromatic heterocycles. The summed E-state index contributed by atoms with van der Waals surface area (Å²) in [6, 6.07) is 0. The fourth-order valence-electron chi connectivity index (χ4n) is 0.425. The molecule has 0 atom stereocenters. The third-order valence-electron chi connectivity index (χ3n) is 0.906. The lowest BCUT2D eigenvalue weighted by molar-refractivity contribution is 1.36. The van der Waals surface area contributed by atoms with E-state index in [9.17, 15) is 0 Å². The molecule has 0 rings (SSSR count). The van der Waals surface area contributed by atoms with Gasteiger partial charge in [0.2, 0.25) is 0 Å². The number of aliphatic imine (C=N–C) groups is 1. The van der Waals surface area contributed by atoms with E-state index >= 15 is 0 Å². The molecular formula is C8H13NS. The highest BCUT2D eigenvalue weighted by Crippen LogP contribution is 2.14. The Hall–Kier alpha value is -0.500. The van der Waals surface area contributed by atoms with Crippen LogP contribution >= 0.6 is 11.8 Å². The molecule has 0 aliphatic carbocycles. The number of nitrogens with zero attached hydrogens (tertiary/aromatic N) is 1. The van der Waals surface area contributed by atoms with Gasteiger partial charge in [0.1, 0.15) is 0 Å². The van der Waals surface area contributed by atoms with Crippen molar-refractivity contribution in [2.24, 2.45) is 4.99 Å². The molecular weight excluding hydrogens is 142 g/mol. The van der Waals surface area contributed by atoms with Crippen LogP contribution < -0.4 is 0 Å². The molecule has 0 fully saturated rings. The standard InChI is InChI=1S/C8H13NS/c1-4-5-6-8(2)10-7-9-3/h4-5,7H,2,6H2,1,3H3/b5-4-,9-7?. The van der Waals surface area contributed by atoms with E-state index in [2.05, 4.69) is 17.6 Å². The number of hydrogen-bond acceptors (Lipinski definition) is 2. The second-order valence-corrected chi connectivity index (χ2v) is 2.82. The molecule has 2 heteroatoms. The minimum atomic E-state index is 0.938. The molecule has 56 valence electrons. The van der Waals surface area contributed by atoms with E-state index in [1.807, 2.05) is 13.0 Å². The lowest BCUT2D eigenvalue weighted by Gasteiger charge is -1.93. The summed E-state index contributed by atoms with van der Waals surface area (Å²) in [6.07, 6.45) is 5.04. The zero-order valence-electron chi connectivity index (χ0n) is 6.50. The van der Waals surface area contributed by atoms with Gasteiger partial charge < -0.3 is 0 Å². The molecule has 0 aromatic rings. The normalized spacial score (nSPS) is 11.4. The van der Waals surface area contributed by atoms with E-state index in [1.165, 1.54) is 0 Å². The van der Waals surface area contributed by atoms with Crippen molar-refractivity contribution in [1.29, 1.82) is 0 Å². The highest BCUT2D eigenvalue weighted by Gasteiger charge is 1.86. The van der Waals surface area contributed by atoms with Crippen molar-refractivity contribution in [3.63, 3.8) is 0 Å². The molecule has 10 heavy (non-hydrogen) atoms. The maximum atomic E-state index is 3.85. The zero-order chi connectivity index (χ0) is 7.82. The van der Waals surface area contributed by atoms with Crippen molar-refractivity contribution in [2.45, 2.75) is 13.3 Å². The van der Waals surface area contributed by atoms with Crippen LogP contribution in [0.5, 0.6) is 0 Å². The van der Waals surface area contributed by atoms with E-state index in [0.717, 1.165) is 11.3 Å². The topological polar surface area (TPSA) is 12.4 Å². The van der Waals surface area contributed by atoms with Crippen LogP contribution in [0.1, 0.15) is 13.3 Å². The SMILES string of the molecule is C=C(C/C=C\C)SC=NC. The van der Waals surface area contributed by atoms with Crippen LogP contribution in [-0.2, 0) is 0 Å². The summed E-state index contributed by atoms with van der Waals surface area (Å²) in [6.45, 7) is 5.86. The summed E-state index contributed by atoms with van der Waals surface area (Å²) < 4.78 is 0. The predicted molar refractivity (Wildman–Crippen MR) is 50.6 cm³/mol. The summed E-state index contributed by atoms with van der Waals surface area (Å²) in [5.41, 5.74) is 1.80. The van der Waals surface area contributed by atoms with Crippen molar-refractivity contribution in [1.82, 2.24) is 0 Å². The minimum Gasteiger partial charge on any atom is -0.289 e. The Kier molecular flexibility index (Phi) is 6.29. The monoisotopic (exact) mass is 155 g/mol.